The van der Waals surface area contributed by atoms with Gasteiger partial charge >= 0.3 is 5.97 Å². The molecule has 0 radical (unpaired) electrons. The molecule has 0 spiro atoms. The van der Waals surface area contributed by atoms with Gasteiger partial charge in [-0.1, -0.05) is 48.2 Å². The molecular formula is C22H20N4O3S2. The maximum atomic E-state index is 12.1. The van der Waals surface area contributed by atoms with Crippen molar-refractivity contribution < 1.29 is 14.3 Å². The summed E-state index contributed by atoms with van der Waals surface area (Å²) in [7, 11) is 0. The summed E-state index contributed by atoms with van der Waals surface area (Å²) in [6, 6.07) is 17.5. The molecule has 2 aromatic heterocycles. The number of thiophene rings is 1. The predicted molar refractivity (Wildman–Crippen MR) is 123 cm³/mol. The minimum absolute atomic E-state index is 0.0474. The van der Waals surface area contributed by atoms with Crippen molar-refractivity contribution in [3.63, 3.8) is 0 Å². The van der Waals surface area contributed by atoms with Crippen LogP contribution in [0.3, 0.4) is 0 Å². The van der Waals surface area contributed by atoms with Crippen LogP contribution in [0.15, 0.2) is 65.1 Å². The van der Waals surface area contributed by atoms with Crippen molar-refractivity contribution >= 4 is 51.4 Å². The monoisotopic (exact) mass is 452 g/mol. The summed E-state index contributed by atoms with van der Waals surface area (Å²) >= 11 is 2.83. The van der Waals surface area contributed by atoms with E-state index in [1.54, 1.807) is 11.3 Å². The van der Waals surface area contributed by atoms with Gasteiger partial charge in [-0.25, -0.2) is 0 Å². The number of fused-ring (bicyclic) bond motifs is 1. The fourth-order valence-corrected chi connectivity index (χ4v) is 4.56. The predicted octanol–water partition coefficient (Wildman–Crippen LogP) is 4.45. The highest BCUT2D eigenvalue weighted by molar-refractivity contribution is 7.99. The lowest BCUT2D eigenvalue weighted by Crippen LogP contribution is -2.21. The van der Waals surface area contributed by atoms with E-state index in [1.807, 2.05) is 71.5 Å². The first-order valence-corrected chi connectivity index (χ1v) is 11.5. The molecule has 0 atom stereocenters. The summed E-state index contributed by atoms with van der Waals surface area (Å²) in [5.41, 5.74) is 0.659. The van der Waals surface area contributed by atoms with Gasteiger partial charge in [-0.05, 0) is 41.3 Å². The second-order valence-electron chi connectivity index (χ2n) is 6.59. The number of ether oxygens (including phenoxy) is 1. The lowest BCUT2D eigenvalue weighted by Gasteiger charge is -2.08. The molecule has 0 fully saturated rings. The SMILES string of the molecule is CCn1c(SCC(=O)OCC(=O)Nc2ccc3ccccc3c2)nnc1-c1cccs1. The molecule has 1 amide bonds. The van der Waals surface area contributed by atoms with Crippen LogP contribution in [-0.2, 0) is 20.9 Å². The van der Waals surface area contributed by atoms with Crippen LogP contribution in [-0.4, -0.2) is 39.0 Å². The molecular weight excluding hydrogens is 432 g/mol. The number of esters is 1. The Balaban J connectivity index is 1.28. The number of carbonyl (C=O) groups excluding carboxylic acids is 2. The molecule has 0 aliphatic carbocycles. The number of benzene rings is 2. The molecule has 0 saturated carbocycles. The molecule has 2 aromatic carbocycles. The van der Waals surface area contributed by atoms with E-state index in [1.165, 1.54) is 11.8 Å². The molecule has 4 aromatic rings. The minimum Gasteiger partial charge on any atom is -0.455 e. The molecule has 0 saturated heterocycles. The highest BCUT2D eigenvalue weighted by Crippen LogP contribution is 2.27. The maximum Gasteiger partial charge on any atom is 0.316 e. The van der Waals surface area contributed by atoms with Crippen LogP contribution < -0.4 is 5.32 Å². The number of hydrogen-bond donors (Lipinski definition) is 1. The maximum absolute atomic E-state index is 12.1. The van der Waals surface area contributed by atoms with Crippen LogP contribution in [0.2, 0.25) is 0 Å². The summed E-state index contributed by atoms with van der Waals surface area (Å²) < 4.78 is 7.07. The second-order valence-corrected chi connectivity index (χ2v) is 8.48. The van der Waals surface area contributed by atoms with E-state index in [0.717, 1.165) is 21.5 Å². The zero-order valence-corrected chi connectivity index (χ0v) is 18.4. The summed E-state index contributed by atoms with van der Waals surface area (Å²) in [5.74, 6) is -0.0401. The Kier molecular flexibility index (Phi) is 6.63. The van der Waals surface area contributed by atoms with Crippen LogP contribution in [0.1, 0.15) is 6.92 Å². The van der Waals surface area contributed by atoms with Gasteiger partial charge in [0.25, 0.3) is 5.91 Å². The Morgan fingerprint density at radius 1 is 1.10 bits per heavy atom. The number of anilines is 1. The first kappa shape index (κ1) is 21.1. The van der Waals surface area contributed by atoms with Crippen LogP contribution in [0.25, 0.3) is 21.5 Å². The van der Waals surface area contributed by atoms with E-state index in [0.29, 0.717) is 17.4 Å². The van der Waals surface area contributed by atoms with Gasteiger partial charge in [0.05, 0.1) is 10.6 Å². The zero-order chi connectivity index (χ0) is 21.6. The van der Waals surface area contributed by atoms with Crippen molar-refractivity contribution in [2.24, 2.45) is 0 Å². The molecule has 0 aliphatic heterocycles. The highest BCUT2D eigenvalue weighted by Gasteiger charge is 2.16. The van der Waals surface area contributed by atoms with Crippen molar-refractivity contribution in [3.05, 3.63) is 60.0 Å². The van der Waals surface area contributed by atoms with Gasteiger partial charge in [0.15, 0.2) is 17.6 Å². The number of nitrogens with zero attached hydrogens (tertiary/aromatic N) is 3. The number of aromatic nitrogens is 3. The zero-order valence-electron chi connectivity index (χ0n) is 16.8. The summed E-state index contributed by atoms with van der Waals surface area (Å²) in [6.07, 6.45) is 0. The summed E-state index contributed by atoms with van der Waals surface area (Å²) in [4.78, 5) is 25.3. The number of carbonyl (C=O) groups is 2. The molecule has 0 unspecified atom stereocenters. The molecule has 2 heterocycles. The highest BCUT2D eigenvalue weighted by atomic mass is 32.2. The molecule has 7 nitrogen and oxygen atoms in total. The largest absolute Gasteiger partial charge is 0.455 e. The Labute approximate surface area is 187 Å². The Morgan fingerprint density at radius 2 is 1.94 bits per heavy atom. The molecule has 31 heavy (non-hydrogen) atoms. The fraction of sp³-hybridized carbons (Fsp3) is 0.182. The number of amides is 1. The van der Waals surface area contributed by atoms with Crippen molar-refractivity contribution in [2.45, 2.75) is 18.6 Å². The summed E-state index contributed by atoms with van der Waals surface area (Å²) in [5, 5.41) is 15.9. The topological polar surface area (TPSA) is 86.1 Å². The Bertz CT molecular complexity index is 1200. The van der Waals surface area contributed by atoms with Gasteiger partial charge in [0.1, 0.15) is 0 Å². The van der Waals surface area contributed by atoms with Gasteiger partial charge in [-0.3, -0.25) is 9.59 Å². The van der Waals surface area contributed by atoms with Gasteiger partial charge < -0.3 is 14.6 Å². The van der Waals surface area contributed by atoms with Crippen LogP contribution >= 0.6 is 23.1 Å². The van der Waals surface area contributed by atoms with E-state index in [4.69, 9.17) is 4.74 Å². The first-order chi connectivity index (χ1) is 15.1. The quantitative estimate of drug-likeness (QED) is 0.314. The van der Waals surface area contributed by atoms with Crippen molar-refractivity contribution in [1.29, 1.82) is 0 Å². The fourth-order valence-electron chi connectivity index (χ4n) is 3.04. The normalized spacial score (nSPS) is 10.9. The number of nitrogens with one attached hydrogen (secondary N) is 1. The van der Waals surface area contributed by atoms with Crippen LogP contribution in [0, 0.1) is 0 Å². The second kappa shape index (κ2) is 9.76. The molecule has 4 rings (SSSR count). The molecule has 1 N–H and O–H groups in total. The van der Waals surface area contributed by atoms with Crippen molar-refractivity contribution in [3.8, 4) is 10.7 Å². The lowest BCUT2D eigenvalue weighted by atomic mass is 10.1. The third-order valence-electron chi connectivity index (χ3n) is 4.49. The van der Waals surface area contributed by atoms with Gasteiger partial charge in [0.2, 0.25) is 0 Å². The lowest BCUT2D eigenvalue weighted by molar-refractivity contribution is -0.144. The molecule has 0 aliphatic rings. The van der Waals surface area contributed by atoms with Gasteiger partial charge in [0, 0.05) is 12.2 Å². The van der Waals surface area contributed by atoms with E-state index in [-0.39, 0.29) is 18.3 Å². The van der Waals surface area contributed by atoms with Gasteiger partial charge in [-0.2, -0.15) is 0 Å². The van der Waals surface area contributed by atoms with Crippen LogP contribution in [0.4, 0.5) is 5.69 Å². The van der Waals surface area contributed by atoms with Crippen molar-refractivity contribution in [1.82, 2.24) is 14.8 Å². The van der Waals surface area contributed by atoms with E-state index < -0.39 is 5.97 Å². The van der Waals surface area contributed by atoms with Crippen LogP contribution in [0.5, 0.6) is 0 Å². The van der Waals surface area contributed by atoms with E-state index in [9.17, 15) is 9.59 Å². The minimum atomic E-state index is -0.484. The first-order valence-electron chi connectivity index (χ1n) is 9.68. The van der Waals surface area contributed by atoms with Crippen molar-refractivity contribution in [2.75, 3.05) is 17.7 Å². The number of hydrogen-bond acceptors (Lipinski definition) is 7. The number of thioether (sulfide) groups is 1. The average Bonchev–Trinajstić information content (AvgIpc) is 3.45. The van der Waals surface area contributed by atoms with Gasteiger partial charge in [-0.15, -0.1) is 21.5 Å². The average molecular weight is 453 g/mol. The standard InChI is InChI=1S/C22H20N4O3S2/c1-2-26-21(18-8-5-11-30-18)24-25-22(26)31-14-20(28)29-13-19(27)23-17-10-9-15-6-3-4-7-16(15)12-17/h3-12H,2,13-14H2,1H3,(H,23,27). The van der Waals surface area contributed by atoms with E-state index in [2.05, 4.69) is 15.5 Å². The molecule has 0 bridgehead atoms. The smallest absolute Gasteiger partial charge is 0.316 e. The Hall–Kier alpha value is -3.17. The third-order valence-corrected chi connectivity index (χ3v) is 6.30. The summed E-state index contributed by atoms with van der Waals surface area (Å²) in [6.45, 7) is 2.35. The third kappa shape index (κ3) is 5.12. The van der Waals surface area contributed by atoms with E-state index >= 15 is 0 Å². The number of rotatable bonds is 8. The molecule has 9 heteroatoms. The molecule has 158 valence electrons. The Morgan fingerprint density at radius 3 is 2.71 bits per heavy atom.